The Morgan fingerprint density at radius 3 is 2.76 bits per heavy atom. The van der Waals surface area contributed by atoms with Crippen molar-refractivity contribution in [1.82, 2.24) is 9.80 Å². The Morgan fingerprint density at radius 1 is 1.33 bits per heavy atom. The molecule has 118 valence electrons. The van der Waals surface area contributed by atoms with Gasteiger partial charge in [0.25, 0.3) is 0 Å². The van der Waals surface area contributed by atoms with E-state index in [0.29, 0.717) is 12.5 Å². The summed E-state index contributed by atoms with van der Waals surface area (Å²) in [6.45, 7) is 9.36. The lowest BCUT2D eigenvalue weighted by molar-refractivity contribution is 0.0860. The summed E-state index contributed by atoms with van der Waals surface area (Å²) in [5.41, 5.74) is 6.30. The van der Waals surface area contributed by atoms with Gasteiger partial charge in [-0.25, -0.2) is 8.78 Å². The molecule has 0 aromatic heterocycles. The predicted octanol–water partition coefficient (Wildman–Crippen LogP) is 2.38. The monoisotopic (exact) mass is 297 g/mol. The zero-order valence-electron chi connectivity index (χ0n) is 12.9. The molecule has 1 aromatic rings. The molecule has 1 saturated heterocycles. The summed E-state index contributed by atoms with van der Waals surface area (Å²) in [5.74, 6) is -1.64. The third-order valence-electron chi connectivity index (χ3n) is 4.39. The van der Waals surface area contributed by atoms with Gasteiger partial charge in [0, 0.05) is 43.8 Å². The zero-order chi connectivity index (χ0) is 15.4. The lowest BCUT2D eigenvalue weighted by Gasteiger charge is -2.39. The van der Waals surface area contributed by atoms with Crippen molar-refractivity contribution in [3.63, 3.8) is 0 Å². The summed E-state index contributed by atoms with van der Waals surface area (Å²) in [6, 6.07) is 4.28. The van der Waals surface area contributed by atoms with Gasteiger partial charge in [0.15, 0.2) is 11.6 Å². The molecule has 2 rings (SSSR count). The lowest BCUT2D eigenvalue weighted by Crippen LogP contribution is -2.51. The Bertz CT molecular complexity index is 467. The molecule has 0 amide bonds. The molecule has 5 heteroatoms. The number of nitrogens with two attached hydrogens (primary N) is 1. The molecule has 21 heavy (non-hydrogen) atoms. The molecular formula is C16H25F2N3. The van der Waals surface area contributed by atoms with Crippen molar-refractivity contribution < 1.29 is 8.78 Å². The largest absolute Gasteiger partial charge is 0.324 e. The van der Waals surface area contributed by atoms with Crippen molar-refractivity contribution in [1.29, 1.82) is 0 Å². The molecule has 1 fully saturated rings. The number of rotatable bonds is 5. The maximum atomic E-state index is 13.7. The fourth-order valence-corrected chi connectivity index (χ4v) is 3.03. The van der Waals surface area contributed by atoms with Crippen molar-refractivity contribution in [2.24, 2.45) is 5.73 Å². The first-order valence-corrected chi connectivity index (χ1v) is 7.68. The van der Waals surface area contributed by atoms with Gasteiger partial charge in [-0.2, -0.15) is 0 Å². The molecule has 3 nitrogen and oxygen atoms in total. The van der Waals surface area contributed by atoms with Gasteiger partial charge in [-0.15, -0.1) is 0 Å². The highest BCUT2D eigenvalue weighted by molar-refractivity contribution is 5.22. The Kier molecular flexibility index (Phi) is 5.67. The van der Waals surface area contributed by atoms with Crippen molar-refractivity contribution >= 4 is 0 Å². The molecular weight excluding hydrogens is 272 g/mol. The normalized spacial score (nSPS) is 22.4. The Balaban J connectivity index is 1.87. The molecule has 1 aromatic carbocycles. The lowest BCUT2D eigenvalue weighted by atomic mass is 10.0. The average Bonchev–Trinajstić information content (AvgIpc) is 2.47. The second-order valence-corrected chi connectivity index (χ2v) is 5.82. The van der Waals surface area contributed by atoms with Crippen LogP contribution in [0, 0.1) is 11.6 Å². The van der Waals surface area contributed by atoms with E-state index in [0.717, 1.165) is 38.8 Å². The third kappa shape index (κ3) is 3.99. The minimum absolute atomic E-state index is 0.273. The molecule has 1 aliphatic rings. The highest BCUT2D eigenvalue weighted by atomic mass is 19.2. The molecule has 0 saturated carbocycles. The van der Waals surface area contributed by atoms with E-state index in [1.807, 2.05) is 0 Å². The summed E-state index contributed by atoms with van der Waals surface area (Å²) in [5, 5.41) is 0. The first kappa shape index (κ1) is 16.3. The minimum atomic E-state index is -0.826. The first-order chi connectivity index (χ1) is 10.0. The van der Waals surface area contributed by atoms with Crippen LogP contribution in [0.4, 0.5) is 8.78 Å². The van der Waals surface area contributed by atoms with E-state index in [2.05, 4.69) is 23.6 Å². The van der Waals surface area contributed by atoms with Crippen molar-refractivity contribution in [2.45, 2.75) is 32.4 Å². The molecule has 0 bridgehead atoms. The summed E-state index contributed by atoms with van der Waals surface area (Å²) in [6.07, 6.45) is 0.638. The van der Waals surface area contributed by atoms with Crippen LogP contribution in [0.5, 0.6) is 0 Å². The fraction of sp³-hybridized carbons (Fsp3) is 0.625. The summed E-state index contributed by atoms with van der Waals surface area (Å²) >= 11 is 0. The number of piperazine rings is 1. The van der Waals surface area contributed by atoms with E-state index in [4.69, 9.17) is 5.73 Å². The average molecular weight is 297 g/mol. The fourth-order valence-electron chi connectivity index (χ4n) is 3.03. The number of halogens is 2. The van der Waals surface area contributed by atoms with Crippen LogP contribution in [0.15, 0.2) is 18.2 Å². The van der Waals surface area contributed by atoms with E-state index in [-0.39, 0.29) is 5.56 Å². The molecule has 1 heterocycles. The van der Waals surface area contributed by atoms with Gasteiger partial charge < -0.3 is 10.6 Å². The Labute approximate surface area is 125 Å². The highest BCUT2D eigenvalue weighted by Gasteiger charge is 2.23. The van der Waals surface area contributed by atoms with Crippen molar-refractivity contribution in [3.05, 3.63) is 35.4 Å². The van der Waals surface area contributed by atoms with Gasteiger partial charge >= 0.3 is 0 Å². The smallest absolute Gasteiger partial charge is 0.163 e. The van der Waals surface area contributed by atoms with Crippen LogP contribution in [0.25, 0.3) is 0 Å². The maximum Gasteiger partial charge on any atom is 0.163 e. The number of hydrogen-bond donors (Lipinski definition) is 1. The van der Waals surface area contributed by atoms with Gasteiger partial charge in [0.2, 0.25) is 0 Å². The number of likely N-dealkylation sites (N-methyl/N-ethyl adjacent to an activating group) is 1. The van der Waals surface area contributed by atoms with Gasteiger partial charge in [0.1, 0.15) is 0 Å². The quantitative estimate of drug-likeness (QED) is 0.906. The topological polar surface area (TPSA) is 32.5 Å². The van der Waals surface area contributed by atoms with Crippen LogP contribution in [-0.4, -0.2) is 48.6 Å². The van der Waals surface area contributed by atoms with Crippen molar-refractivity contribution in [2.75, 3.05) is 32.7 Å². The summed E-state index contributed by atoms with van der Waals surface area (Å²) in [4.78, 5) is 4.80. The molecule has 0 radical (unpaired) electrons. The molecule has 0 spiro atoms. The predicted molar refractivity (Wildman–Crippen MR) is 81.1 cm³/mol. The molecule has 2 unspecified atom stereocenters. The van der Waals surface area contributed by atoms with Gasteiger partial charge in [-0.1, -0.05) is 19.1 Å². The van der Waals surface area contributed by atoms with E-state index < -0.39 is 17.7 Å². The van der Waals surface area contributed by atoms with Gasteiger partial charge in [-0.05, 0) is 26.0 Å². The Hall–Kier alpha value is -1.04. The van der Waals surface area contributed by atoms with Crippen LogP contribution in [0.1, 0.15) is 31.9 Å². The van der Waals surface area contributed by atoms with Crippen LogP contribution in [0.3, 0.4) is 0 Å². The van der Waals surface area contributed by atoms with Crippen LogP contribution in [-0.2, 0) is 0 Å². The zero-order valence-corrected chi connectivity index (χ0v) is 12.9. The minimum Gasteiger partial charge on any atom is -0.324 e. The molecule has 1 aliphatic heterocycles. The van der Waals surface area contributed by atoms with E-state index >= 15 is 0 Å². The highest BCUT2D eigenvalue weighted by Crippen LogP contribution is 2.21. The Morgan fingerprint density at radius 2 is 2.10 bits per heavy atom. The van der Waals surface area contributed by atoms with E-state index in [1.54, 1.807) is 6.07 Å². The second kappa shape index (κ2) is 7.29. The standard InChI is InChI=1S/C16H25F2N3/c1-3-21-10-9-20(11-12(21)2)8-7-15(19)13-5-4-6-14(17)16(13)18/h4-6,12,15H,3,7-11,19H2,1-2H3. The van der Waals surface area contributed by atoms with Crippen LogP contribution < -0.4 is 5.73 Å². The SMILES string of the molecule is CCN1CCN(CCC(N)c2cccc(F)c2F)CC1C. The number of benzene rings is 1. The van der Waals surface area contributed by atoms with Crippen LogP contribution >= 0.6 is 0 Å². The van der Waals surface area contributed by atoms with E-state index in [1.165, 1.54) is 6.07 Å². The summed E-state index contributed by atoms with van der Waals surface area (Å²) < 4.78 is 26.9. The third-order valence-corrected chi connectivity index (χ3v) is 4.39. The van der Waals surface area contributed by atoms with Crippen LogP contribution in [0.2, 0.25) is 0 Å². The van der Waals surface area contributed by atoms with Gasteiger partial charge in [0.05, 0.1) is 0 Å². The second-order valence-electron chi connectivity index (χ2n) is 5.82. The van der Waals surface area contributed by atoms with E-state index in [9.17, 15) is 8.78 Å². The number of nitrogens with zero attached hydrogens (tertiary/aromatic N) is 2. The molecule has 2 atom stereocenters. The van der Waals surface area contributed by atoms with Gasteiger partial charge in [-0.3, -0.25) is 4.90 Å². The number of hydrogen-bond acceptors (Lipinski definition) is 3. The molecule has 2 N–H and O–H groups in total. The van der Waals surface area contributed by atoms with Crippen molar-refractivity contribution in [3.8, 4) is 0 Å². The maximum absolute atomic E-state index is 13.7. The summed E-state index contributed by atoms with van der Waals surface area (Å²) in [7, 11) is 0. The first-order valence-electron chi connectivity index (χ1n) is 7.68. The molecule has 0 aliphatic carbocycles.